The molecule has 0 spiro atoms. The number of carboxylic acids is 1. The lowest BCUT2D eigenvalue weighted by Crippen LogP contribution is -2.49. The van der Waals surface area contributed by atoms with E-state index in [1.807, 2.05) is 31.2 Å². The van der Waals surface area contributed by atoms with Crippen LogP contribution in [0.2, 0.25) is 0 Å². The van der Waals surface area contributed by atoms with E-state index in [0.29, 0.717) is 49.6 Å². The van der Waals surface area contributed by atoms with Crippen LogP contribution in [-0.2, 0) is 0 Å². The summed E-state index contributed by atoms with van der Waals surface area (Å²) >= 11 is 0. The first-order valence-electron chi connectivity index (χ1n) is 13.9. The summed E-state index contributed by atoms with van der Waals surface area (Å²) in [6.45, 7) is 4.00. The normalized spacial score (nSPS) is 13.4. The second-order valence-electron chi connectivity index (χ2n) is 10.2. The van der Waals surface area contributed by atoms with Gasteiger partial charge in [-0.25, -0.2) is 18.6 Å². The average molecular weight is 583 g/mol. The van der Waals surface area contributed by atoms with Crippen molar-refractivity contribution < 1.29 is 28.2 Å². The number of halogens is 2. The number of aromatic nitrogens is 2. The Morgan fingerprint density at radius 1 is 0.907 bits per heavy atom. The summed E-state index contributed by atoms with van der Waals surface area (Å²) in [5.74, 6) is -2.15. The van der Waals surface area contributed by atoms with Gasteiger partial charge in [0.2, 0.25) is 5.82 Å². The van der Waals surface area contributed by atoms with Gasteiger partial charge in [-0.15, -0.1) is 0 Å². The maximum absolute atomic E-state index is 14.7. The van der Waals surface area contributed by atoms with Gasteiger partial charge in [0.25, 0.3) is 5.91 Å². The van der Waals surface area contributed by atoms with E-state index in [-0.39, 0.29) is 28.6 Å². The number of carbonyl (C=O) groups excluding carboxylic acids is 1. The van der Waals surface area contributed by atoms with Gasteiger partial charge in [-0.2, -0.15) is 0 Å². The van der Waals surface area contributed by atoms with Crippen molar-refractivity contribution in [3.8, 4) is 22.7 Å². The van der Waals surface area contributed by atoms with Crippen molar-refractivity contribution in [2.45, 2.75) is 6.92 Å². The predicted molar refractivity (Wildman–Crippen MR) is 159 cm³/mol. The summed E-state index contributed by atoms with van der Waals surface area (Å²) < 4.78 is 35.6. The van der Waals surface area contributed by atoms with Gasteiger partial charge in [-0.05, 0) is 54.1 Å². The van der Waals surface area contributed by atoms with E-state index < -0.39 is 17.6 Å². The summed E-state index contributed by atoms with van der Waals surface area (Å²) in [4.78, 5) is 34.1. The van der Waals surface area contributed by atoms with Crippen molar-refractivity contribution in [2.24, 2.45) is 0 Å². The summed E-state index contributed by atoms with van der Waals surface area (Å²) in [5.41, 5.74) is 1.87. The molecule has 1 aromatic heterocycles. The van der Waals surface area contributed by atoms with Gasteiger partial charge >= 0.3 is 5.97 Å². The number of amides is 1. The van der Waals surface area contributed by atoms with Crippen LogP contribution in [0.4, 0.5) is 14.5 Å². The van der Waals surface area contributed by atoms with Crippen molar-refractivity contribution >= 4 is 28.3 Å². The first-order valence-corrected chi connectivity index (χ1v) is 13.9. The molecule has 2 heterocycles. The van der Waals surface area contributed by atoms with Crippen LogP contribution < -0.4 is 9.64 Å². The molecule has 1 fully saturated rings. The highest BCUT2D eigenvalue weighted by Gasteiger charge is 2.28. The van der Waals surface area contributed by atoms with Crippen LogP contribution in [0.5, 0.6) is 5.75 Å². The fourth-order valence-corrected chi connectivity index (χ4v) is 5.41. The monoisotopic (exact) mass is 582 g/mol. The van der Waals surface area contributed by atoms with Gasteiger partial charge < -0.3 is 19.6 Å². The lowest BCUT2D eigenvalue weighted by molar-refractivity contribution is 0.0697. The van der Waals surface area contributed by atoms with Gasteiger partial charge in [0.1, 0.15) is 17.4 Å². The van der Waals surface area contributed by atoms with Crippen LogP contribution in [0, 0.1) is 11.6 Å². The Bertz CT molecular complexity index is 1850. The minimum atomic E-state index is -1.000. The number of benzene rings is 4. The minimum absolute atomic E-state index is 0.0746. The van der Waals surface area contributed by atoms with Crippen LogP contribution in [0.15, 0.2) is 85.1 Å². The summed E-state index contributed by atoms with van der Waals surface area (Å²) in [6.07, 6.45) is 1.56. The fourth-order valence-electron chi connectivity index (χ4n) is 5.41. The molecule has 1 amide bonds. The number of rotatable bonds is 7. The molecule has 8 nitrogen and oxygen atoms in total. The molecule has 0 aliphatic carbocycles. The van der Waals surface area contributed by atoms with Gasteiger partial charge in [0.05, 0.1) is 23.6 Å². The highest BCUT2D eigenvalue weighted by molar-refractivity contribution is 6.05. The lowest BCUT2D eigenvalue weighted by atomic mass is 10.0. The molecule has 0 bridgehead atoms. The molecule has 1 N–H and O–H groups in total. The molecule has 43 heavy (non-hydrogen) atoms. The molecule has 0 saturated carbocycles. The molecule has 1 aliphatic rings. The molecule has 1 saturated heterocycles. The Balaban J connectivity index is 1.30. The Hall–Kier alpha value is -5.25. The third kappa shape index (κ3) is 5.51. The van der Waals surface area contributed by atoms with E-state index in [9.17, 15) is 23.5 Å². The number of ether oxygens (including phenoxy) is 1. The highest BCUT2D eigenvalue weighted by Crippen LogP contribution is 2.29. The number of carboxylic acid groups (broad SMARTS) is 1. The van der Waals surface area contributed by atoms with Crippen molar-refractivity contribution in [3.05, 3.63) is 108 Å². The van der Waals surface area contributed by atoms with Gasteiger partial charge in [0, 0.05) is 55.8 Å². The zero-order valence-electron chi connectivity index (χ0n) is 23.3. The molecule has 10 heteroatoms. The minimum Gasteiger partial charge on any atom is -0.494 e. The molecule has 218 valence electrons. The number of hydrogen-bond donors (Lipinski definition) is 1. The maximum Gasteiger partial charge on any atom is 0.336 e. The van der Waals surface area contributed by atoms with Crippen LogP contribution in [0.1, 0.15) is 27.9 Å². The second kappa shape index (κ2) is 11.6. The van der Waals surface area contributed by atoms with Gasteiger partial charge in [0.15, 0.2) is 0 Å². The van der Waals surface area contributed by atoms with Crippen LogP contribution in [0.3, 0.4) is 0 Å². The Labute approximate surface area is 246 Å². The number of carbonyl (C=O) groups is 2. The zero-order valence-corrected chi connectivity index (χ0v) is 23.3. The zero-order chi connectivity index (χ0) is 30.1. The molecule has 0 atom stereocenters. The third-order valence-electron chi connectivity index (χ3n) is 7.52. The smallest absolute Gasteiger partial charge is 0.336 e. The summed E-state index contributed by atoms with van der Waals surface area (Å²) in [5, 5.41) is 11.3. The van der Waals surface area contributed by atoms with Crippen molar-refractivity contribution in [1.29, 1.82) is 0 Å². The number of anilines is 1. The molecule has 0 radical (unpaired) electrons. The number of hydrogen-bond acceptors (Lipinski definition) is 5. The Morgan fingerprint density at radius 3 is 2.44 bits per heavy atom. The van der Waals surface area contributed by atoms with Crippen molar-refractivity contribution in [1.82, 2.24) is 14.5 Å². The molecule has 1 aliphatic heterocycles. The van der Waals surface area contributed by atoms with E-state index in [2.05, 4.69) is 9.88 Å². The standard InChI is InChI=1S/C33H28F2N4O4/c1-2-43-25-8-5-7-23(18-25)39-20-30(27-11-10-22(34)17-29(27)35)36-31(39)32(40)38-14-12-37(13-15-38)24-16-21-6-3-4-9-26(21)28(19-24)33(41)42/h3-11,16-20H,2,12-15H2,1H3,(H,41,42). The van der Waals surface area contributed by atoms with E-state index in [1.165, 1.54) is 6.07 Å². The SMILES string of the molecule is CCOc1cccc(-n2cc(-c3ccc(F)cc3F)nc2C(=O)N2CCN(c3cc(C(=O)O)c4ccccc4c3)CC2)c1. The first-order chi connectivity index (χ1) is 20.8. The molecule has 5 aromatic rings. The summed E-state index contributed by atoms with van der Waals surface area (Å²) in [6, 6.07) is 21.4. The Kier molecular flexibility index (Phi) is 7.50. The quantitative estimate of drug-likeness (QED) is 0.252. The molecule has 0 unspecified atom stereocenters. The fraction of sp³-hybridized carbons (Fsp3) is 0.182. The van der Waals surface area contributed by atoms with Crippen molar-refractivity contribution in [2.75, 3.05) is 37.7 Å². The van der Waals surface area contributed by atoms with E-state index >= 15 is 0 Å². The number of piperazine rings is 1. The van der Waals surface area contributed by atoms with E-state index in [0.717, 1.165) is 23.2 Å². The predicted octanol–water partition coefficient (Wildman–Crippen LogP) is 6.03. The van der Waals surface area contributed by atoms with Crippen LogP contribution in [-0.4, -0.2) is 64.2 Å². The number of fused-ring (bicyclic) bond motifs is 1. The van der Waals surface area contributed by atoms with Crippen LogP contribution in [0.25, 0.3) is 27.7 Å². The molecular weight excluding hydrogens is 554 g/mol. The third-order valence-corrected chi connectivity index (χ3v) is 7.52. The molecule has 4 aromatic carbocycles. The summed E-state index contributed by atoms with van der Waals surface area (Å²) in [7, 11) is 0. The van der Waals surface area contributed by atoms with Crippen LogP contribution >= 0.6 is 0 Å². The highest BCUT2D eigenvalue weighted by atomic mass is 19.1. The van der Waals surface area contributed by atoms with E-state index in [1.54, 1.807) is 52.1 Å². The number of nitrogens with zero attached hydrogens (tertiary/aromatic N) is 4. The maximum atomic E-state index is 14.7. The average Bonchev–Trinajstić information content (AvgIpc) is 3.46. The molecular formula is C33H28F2N4O4. The number of imidazole rings is 1. The first kappa shape index (κ1) is 27.9. The lowest BCUT2D eigenvalue weighted by Gasteiger charge is -2.36. The van der Waals surface area contributed by atoms with E-state index in [4.69, 9.17) is 4.74 Å². The number of aromatic carboxylic acids is 1. The largest absolute Gasteiger partial charge is 0.494 e. The Morgan fingerprint density at radius 2 is 1.70 bits per heavy atom. The van der Waals surface area contributed by atoms with Gasteiger partial charge in [-0.3, -0.25) is 9.36 Å². The van der Waals surface area contributed by atoms with Gasteiger partial charge in [-0.1, -0.05) is 30.3 Å². The second-order valence-corrected chi connectivity index (χ2v) is 10.2. The molecule has 6 rings (SSSR count). The van der Waals surface area contributed by atoms with Crippen molar-refractivity contribution in [3.63, 3.8) is 0 Å². The topological polar surface area (TPSA) is 87.9 Å².